The topological polar surface area (TPSA) is 269 Å². The van der Waals surface area contributed by atoms with Crippen molar-refractivity contribution in [2.45, 2.75) is 105 Å². The summed E-state index contributed by atoms with van der Waals surface area (Å²) < 4.78 is 24.1. The van der Waals surface area contributed by atoms with Crippen LogP contribution >= 0.6 is 0 Å². The van der Waals surface area contributed by atoms with E-state index in [1.807, 2.05) is 178 Å². The molecule has 5 aromatic carbocycles. The molecular weight excluding hydrogens is 1070 g/mol. The number of hydrogen-bond donors (Lipinski definition) is 4. The molecule has 4 N–H and O–H groups in total. The molecule has 4 heterocycles. The molecule has 1 fully saturated rings. The fraction of sp³-hybridized carbons (Fsp3) is 0.344. The number of carbonyl (C=O) groups excluding carboxylic acids is 3. The van der Waals surface area contributed by atoms with Crippen LogP contribution in [0.4, 0.5) is 0 Å². The monoisotopic (exact) mass is 1150 g/mol. The normalized spacial score (nSPS) is 13.3. The van der Waals surface area contributed by atoms with Gasteiger partial charge in [-0.25, -0.2) is 9.36 Å². The van der Waals surface area contributed by atoms with Crippen molar-refractivity contribution in [1.82, 2.24) is 45.4 Å². The molecule has 1 saturated heterocycles. The lowest BCUT2D eigenvalue weighted by molar-refractivity contribution is -0.150. The quantitative estimate of drug-likeness (QED) is 0.0298. The van der Waals surface area contributed by atoms with Gasteiger partial charge in [0.25, 0.3) is 0 Å². The minimum absolute atomic E-state index is 0.221. The number of aromatic nitrogens is 9. The largest absolute Gasteiger partial charge is 0.481 e. The zero-order chi connectivity index (χ0) is 60.7. The molecule has 0 saturated carbocycles. The Morgan fingerprint density at radius 1 is 0.583 bits per heavy atom. The van der Waals surface area contributed by atoms with Gasteiger partial charge in [0.1, 0.15) is 19.8 Å². The van der Waals surface area contributed by atoms with Crippen LogP contribution in [-0.2, 0) is 90.3 Å². The summed E-state index contributed by atoms with van der Waals surface area (Å²) >= 11 is 0. The molecule has 8 aromatic rings. The van der Waals surface area contributed by atoms with Crippen LogP contribution < -0.4 is 0 Å². The Morgan fingerprint density at radius 2 is 0.952 bits per heavy atom. The first-order valence-electron chi connectivity index (χ1n) is 27.5. The smallest absolute Gasteiger partial charge is 0.309 e. The van der Waals surface area contributed by atoms with Crippen molar-refractivity contribution in [3.8, 4) is 12.3 Å². The van der Waals surface area contributed by atoms with Gasteiger partial charge in [-0.3, -0.25) is 19.2 Å². The number of benzene rings is 5. The first-order chi connectivity index (χ1) is 40.7. The van der Waals surface area contributed by atoms with Crippen LogP contribution in [0.1, 0.15) is 91.9 Å². The van der Waals surface area contributed by atoms with Gasteiger partial charge in [-0.15, -0.1) is 22.5 Å². The minimum atomic E-state index is -0.812. The van der Waals surface area contributed by atoms with Crippen LogP contribution in [0.3, 0.4) is 0 Å². The van der Waals surface area contributed by atoms with Gasteiger partial charge in [-0.2, -0.15) is 15.4 Å². The molecule has 1 aliphatic rings. The lowest BCUT2D eigenvalue weighted by Gasteiger charge is -2.10. The molecule has 1 aliphatic heterocycles. The van der Waals surface area contributed by atoms with Gasteiger partial charge < -0.3 is 34.3 Å². The van der Waals surface area contributed by atoms with Crippen LogP contribution in [0.2, 0.25) is 0 Å². The second-order valence-electron chi connectivity index (χ2n) is 19.5. The molecule has 0 aliphatic carbocycles. The third-order valence-electron chi connectivity index (χ3n) is 12.2. The molecule has 84 heavy (non-hydrogen) atoms. The average Bonchev–Trinajstić information content (AvgIpc) is 4.51. The van der Waals surface area contributed by atoms with Crippen molar-refractivity contribution in [3.05, 3.63) is 215 Å². The summed E-state index contributed by atoms with van der Waals surface area (Å²) in [5, 5.41) is 50.3. The van der Waals surface area contributed by atoms with Gasteiger partial charge in [0, 0.05) is 58.2 Å². The van der Waals surface area contributed by atoms with Crippen LogP contribution in [0, 0.1) is 36.0 Å². The Hall–Kier alpha value is -9.16. The van der Waals surface area contributed by atoms with Crippen molar-refractivity contribution in [2.24, 2.45) is 23.7 Å². The van der Waals surface area contributed by atoms with Crippen molar-refractivity contribution in [1.29, 1.82) is 0 Å². The molecular formula is C64H77N9O11. The number of nitrogens with one attached hydrogen (secondary N) is 1. The van der Waals surface area contributed by atoms with E-state index in [0.29, 0.717) is 64.3 Å². The summed E-state index contributed by atoms with van der Waals surface area (Å²) in [4.78, 5) is 46.0. The summed E-state index contributed by atoms with van der Waals surface area (Å²) in [5.74, 6) is -0.191. The molecule has 444 valence electrons. The zero-order valence-electron chi connectivity index (χ0n) is 48.3. The number of esters is 3. The first kappa shape index (κ1) is 67.3. The molecule has 20 nitrogen and oxygen atoms in total. The van der Waals surface area contributed by atoms with E-state index in [0.717, 1.165) is 65.8 Å². The maximum absolute atomic E-state index is 12.1. The standard InChI is InChI=1S/2C20H21N3O2.C13H14O2.C6H9N3O2.C4H8O2.CH4O/c2*1-16(20(24)25-15-18-10-6-3-7-11-18)12-19-14-23(22-21-19)13-17-8-4-2-5-9-17;1-3-7-11(2)13(14)15-10-12-8-5-4-6-9-12;1-4(6(10)11)2-5-3-7-9-8-5;5-4-2-1-3-6-4;1-2/h2*2-11,14,16H,12-13,15H2,1H3;1,4-6,8-9,11H,7,10H2,2H3;3-4H,2H2,1H3,(H,10,11)(H,7,8,9);4-5H,1-3H2;2H,1H3/t2*16-;11-;4-;;/m0000../s1. The number of aliphatic carboxylic acids is 1. The highest BCUT2D eigenvalue weighted by Gasteiger charge is 2.19. The van der Waals surface area contributed by atoms with E-state index in [2.05, 4.69) is 42.0 Å². The maximum Gasteiger partial charge on any atom is 0.309 e. The number of carbonyl (C=O) groups is 4. The van der Waals surface area contributed by atoms with Crippen LogP contribution in [0.15, 0.2) is 170 Å². The van der Waals surface area contributed by atoms with E-state index in [-0.39, 0.29) is 35.7 Å². The van der Waals surface area contributed by atoms with Crippen molar-refractivity contribution in [2.75, 3.05) is 13.7 Å². The van der Waals surface area contributed by atoms with Gasteiger partial charge in [0.2, 0.25) is 0 Å². The average molecular weight is 1150 g/mol. The number of H-pyrrole nitrogens is 1. The van der Waals surface area contributed by atoms with E-state index < -0.39 is 18.2 Å². The number of aromatic amines is 1. The molecule has 20 heteroatoms. The number of ether oxygens (including phenoxy) is 4. The Bertz CT molecular complexity index is 2940. The Labute approximate surface area is 491 Å². The number of carboxylic acid groups (broad SMARTS) is 1. The summed E-state index contributed by atoms with van der Waals surface area (Å²) in [5.41, 5.74) is 7.54. The number of aliphatic hydroxyl groups is 2. The fourth-order valence-corrected chi connectivity index (χ4v) is 7.51. The summed E-state index contributed by atoms with van der Waals surface area (Å²) in [7, 11) is 1.00. The SMILES string of the molecule is C#CC[C@H](C)C(=O)OCc1ccccc1.CO.C[C@@H](Cc1cn(Cc2ccccc2)nn1)C(=O)OCc1ccccc1.C[C@@H](Cc1cn(Cc2ccccc2)nn1)C(=O)OCc1ccccc1.C[C@@H](Cc1cn[nH]n1)C(=O)O.OC1CCCO1. The maximum atomic E-state index is 12.1. The highest BCUT2D eigenvalue weighted by atomic mass is 16.6. The van der Waals surface area contributed by atoms with E-state index in [4.69, 9.17) is 40.7 Å². The van der Waals surface area contributed by atoms with E-state index in [1.54, 1.807) is 23.2 Å². The predicted octanol–water partition coefficient (Wildman–Crippen LogP) is 8.68. The van der Waals surface area contributed by atoms with Crippen LogP contribution in [0.5, 0.6) is 0 Å². The van der Waals surface area contributed by atoms with Crippen LogP contribution in [0.25, 0.3) is 0 Å². The number of terminal acetylenes is 1. The van der Waals surface area contributed by atoms with E-state index >= 15 is 0 Å². The molecule has 0 radical (unpaired) electrons. The van der Waals surface area contributed by atoms with Gasteiger partial charge in [-0.05, 0) is 34.2 Å². The van der Waals surface area contributed by atoms with Gasteiger partial charge >= 0.3 is 23.9 Å². The third-order valence-corrected chi connectivity index (χ3v) is 12.2. The second-order valence-corrected chi connectivity index (χ2v) is 19.5. The lowest BCUT2D eigenvalue weighted by atomic mass is 10.1. The Balaban J connectivity index is 0.000000239. The minimum Gasteiger partial charge on any atom is -0.481 e. The predicted molar refractivity (Wildman–Crippen MR) is 314 cm³/mol. The fourth-order valence-electron chi connectivity index (χ4n) is 7.51. The zero-order valence-corrected chi connectivity index (χ0v) is 48.3. The van der Waals surface area contributed by atoms with Crippen molar-refractivity contribution in [3.63, 3.8) is 0 Å². The van der Waals surface area contributed by atoms with Gasteiger partial charge in [0.05, 0.1) is 60.0 Å². The van der Waals surface area contributed by atoms with Crippen molar-refractivity contribution < 1.29 is 53.4 Å². The van der Waals surface area contributed by atoms with E-state index in [1.165, 1.54) is 6.20 Å². The molecule has 9 rings (SSSR count). The molecule has 0 spiro atoms. The number of hydrogen-bond acceptors (Lipinski definition) is 16. The molecule has 0 bridgehead atoms. The number of rotatable bonds is 21. The lowest BCUT2D eigenvalue weighted by Crippen LogP contribution is -2.17. The van der Waals surface area contributed by atoms with Gasteiger partial charge in [-0.1, -0.05) is 190 Å². The first-order valence-corrected chi connectivity index (χ1v) is 27.5. The Kier molecular flexibility index (Phi) is 31.5. The third kappa shape index (κ3) is 27.5. The van der Waals surface area contributed by atoms with Crippen LogP contribution in [-0.4, -0.2) is 105 Å². The van der Waals surface area contributed by atoms with E-state index in [9.17, 15) is 19.2 Å². The Morgan fingerprint density at radius 3 is 1.26 bits per heavy atom. The number of nitrogens with zero attached hydrogens (tertiary/aromatic N) is 8. The van der Waals surface area contributed by atoms with Gasteiger partial charge in [0.15, 0.2) is 6.29 Å². The summed E-state index contributed by atoms with van der Waals surface area (Å²) in [6, 6.07) is 49.1. The highest BCUT2D eigenvalue weighted by molar-refractivity contribution is 5.73. The summed E-state index contributed by atoms with van der Waals surface area (Å²) in [6.45, 7) is 10.1. The number of carboxylic acids is 1. The van der Waals surface area contributed by atoms with Crippen molar-refractivity contribution >= 4 is 23.9 Å². The number of aliphatic hydroxyl groups excluding tert-OH is 2. The highest BCUT2D eigenvalue weighted by Crippen LogP contribution is 2.14. The molecule has 0 amide bonds. The second kappa shape index (κ2) is 39.3. The molecule has 5 atom stereocenters. The molecule has 3 aromatic heterocycles. The molecule has 1 unspecified atom stereocenters. The summed E-state index contributed by atoms with van der Waals surface area (Å²) in [6.07, 6.45) is 13.7.